The molecule has 0 aromatic carbocycles. The van der Waals surface area contributed by atoms with Gasteiger partial charge in [-0.2, -0.15) is 0 Å². The number of furan rings is 1. The first-order valence-electron chi connectivity index (χ1n) is 5.41. The molecule has 0 saturated carbocycles. The van der Waals surface area contributed by atoms with Crippen LogP contribution in [-0.4, -0.2) is 26.1 Å². The third kappa shape index (κ3) is 5.09. The Morgan fingerprint density at radius 3 is 2.69 bits per heavy atom. The van der Waals surface area contributed by atoms with Crippen LogP contribution in [0, 0.1) is 5.92 Å². The molecule has 0 unspecified atom stereocenters. The van der Waals surface area contributed by atoms with Gasteiger partial charge in [-0.05, 0) is 18.1 Å². The molecule has 0 aliphatic carbocycles. The van der Waals surface area contributed by atoms with Crippen molar-refractivity contribution < 1.29 is 18.7 Å². The van der Waals surface area contributed by atoms with Gasteiger partial charge in [0, 0.05) is 6.61 Å². The molecule has 1 rings (SSSR count). The molecule has 0 saturated heterocycles. The fourth-order valence-electron chi connectivity index (χ4n) is 1.15. The molecule has 90 valence electrons. The fourth-order valence-corrected chi connectivity index (χ4v) is 1.15. The second-order valence-electron chi connectivity index (χ2n) is 3.94. The molecule has 0 radical (unpaired) electrons. The first-order chi connectivity index (χ1) is 7.72. The van der Waals surface area contributed by atoms with Gasteiger partial charge in [-0.1, -0.05) is 13.8 Å². The summed E-state index contributed by atoms with van der Waals surface area (Å²) in [6, 6.07) is 3.36. The highest BCUT2D eigenvalue weighted by Crippen LogP contribution is 2.06. The van der Waals surface area contributed by atoms with Gasteiger partial charge in [0.25, 0.3) is 0 Å². The Bertz CT molecular complexity index is 304. The van der Waals surface area contributed by atoms with Crippen LogP contribution in [0.1, 0.15) is 30.2 Å². The zero-order valence-electron chi connectivity index (χ0n) is 9.77. The summed E-state index contributed by atoms with van der Waals surface area (Å²) >= 11 is 0. The normalized spacial score (nSPS) is 10.9. The predicted octanol–water partition coefficient (Wildman–Crippen LogP) is 2.28. The van der Waals surface area contributed by atoms with Gasteiger partial charge in [-0.25, -0.2) is 0 Å². The van der Waals surface area contributed by atoms with E-state index >= 15 is 0 Å². The van der Waals surface area contributed by atoms with Gasteiger partial charge in [0.05, 0.1) is 13.2 Å². The Kier molecular flexibility index (Phi) is 5.82. The zero-order valence-corrected chi connectivity index (χ0v) is 9.77. The maximum Gasteiger partial charge on any atom is 0.185 e. The maximum atomic E-state index is 10.3. The van der Waals surface area contributed by atoms with Crippen LogP contribution in [0.2, 0.25) is 0 Å². The molecule has 0 bridgehead atoms. The van der Waals surface area contributed by atoms with E-state index in [1.165, 1.54) is 0 Å². The molecular formula is C12H18O4. The lowest BCUT2D eigenvalue weighted by molar-refractivity contribution is 0.0262. The van der Waals surface area contributed by atoms with Crippen LogP contribution in [0.25, 0.3) is 0 Å². The van der Waals surface area contributed by atoms with E-state index in [-0.39, 0.29) is 0 Å². The molecule has 1 aromatic rings. The molecule has 16 heavy (non-hydrogen) atoms. The number of rotatable bonds is 8. The average Bonchev–Trinajstić information content (AvgIpc) is 2.70. The Hall–Kier alpha value is -1.13. The molecule has 0 spiro atoms. The molecule has 1 aromatic heterocycles. The standard InChI is InChI=1S/C12H18O4/c1-10(2)8-14-5-6-15-9-12-4-3-11(7-13)16-12/h3-4,7,10H,5-6,8-9H2,1-2H3. The number of carbonyl (C=O) groups is 1. The van der Waals surface area contributed by atoms with Crippen molar-refractivity contribution in [1.29, 1.82) is 0 Å². The molecule has 0 amide bonds. The molecular weight excluding hydrogens is 208 g/mol. The number of hydrogen-bond donors (Lipinski definition) is 0. The maximum absolute atomic E-state index is 10.3. The van der Waals surface area contributed by atoms with Gasteiger partial charge in [0.15, 0.2) is 12.0 Å². The Labute approximate surface area is 95.5 Å². The first-order valence-corrected chi connectivity index (χ1v) is 5.41. The molecule has 4 nitrogen and oxygen atoms in total. The molecule has 0 N–H and O–H groups in total. The largest absolute Gasteiger partial charge is 0.456 e. The summed E-state index contributed by atoms with van der Waals surface area (Å²) in [5.74, 6) is 1.53. The summed E-state index contributed by atoms with van der Waals surface area (Å²) in [4.78, 5) is 10.3. The van der Waals surface area contributed by atoms with Crippen molar-refractivity contribution in [3.05, 3.63) is 23.7 Å². The fraction of sp³-hybridized carbons (Fsp3) is 0.583. The van der Waals surface area contributed by atoms with Crippen LogP contribution in [0.15, 0.2) is 16.5 Å². The van der Waals surface area contributed by atoms with E-state index in [1.807, 2.05) is 0 Å². The third-order valence-corrected chi connectivity index (χ3v) is 1.87. The number of ether oxygens (including phenoxy) is 2. The highest BCUT2D eigenvalue weighted by molar-refractivity contribution is 5.70. The highest BCUT2D eigenvalue weighted by atomic mass is 16.5. The first kappa shape index (κ1) is 12.9. The van der Waals surface area contributed by atoms with E-state index in [2.05, 4.69) is 13.8 Å². The van der Waals surface area contributed by atoms with Crippen molar-refractivity contribution in [2.24, 2.45) is 5.92 Å². The van der Waals surface area contributed by atoms with Crippen molar-refractivity contribution >= 4 is 6.29 Å². The van der Waals surface area contributed by atoms with Gasteiger partial charge >= 0.3 is 0 Å². The Morgan fingerprint density at radius 2 is 2.06 bits per heavy atom. The van der Waals surface area contributed by atoms with Crippen LogP contribution in [0.5, 0.6) is 0 Å². The molecule has 0 aliphatic rings. The quantitative estimate of drug-likeness (QED) is 0.504. The monoisotopic (exact) mass is 226 g/mol. The number of carbonyl (C=O) groups excluding carboxylic acids is 1. The van der Waals surface area contributed by atoms with E-state index in [1.54, 1.807) is 12.1 Å². The van der Waals surface area contributed by atoms with Gasteiger partial charge < -0.3 is 13.9 Å². The van der Waals surface area contributed by atoms with Crippen LogP contribution in [0.4, 0.5) is 0 Å². The van der Waals surface area contributed by atoms with E-state index < -0.39 is 0 Å². The molecule has 0 aliphatic heterocycles. The molecule has 0 fully saturated rings. The predicted molar refractivity (Wildman–Crippen MR) is 59.4 cm³/mol. The minimum atomic E-state index is 0.328. The van der Waals surface area contributed by atoms with E-state index in [0.29, 0.717) is 43.5 Å². The van der Waals surface area contributed by atoms with Crippen molar-refractivity contribution in [2.75, 3.05) is 19.8 Å². The minimum Gasteiger partial charge on any atom is -0.456 e. The van der Waals surface area contributed by atoms with E-state index in [0.717, 1.165) is 6.61 Å². The summed E-state index contributed by atoms with van der Waals surface area (Å²) in [6.07, 6.45) is 0.676. The topological polar surface area (TPSA) is 48.7 Å². The summed E-state index contributed by atoms with van der Waals surface area (Å²) in [6.45, 7) is 6.44. The molecule has 4 heteroatoms. The summed E-state index contributed by atoms with van der Waals surface area (Å²) in [5, 5.41) is 0. The lowest BCUT2D eigenvalue weighted by Gasteiger charge is -2.06. The van der Waals surface area contributed by atoms with E-state index in [9.17, 15) is 4.79 Å². The van der Waals surface area contributed by atoms with Gasteiger partial charge in [-0.3, -0.25) is 4.79 Å². The lowest BCUT2D eigenvalue weighted by atomic mass is 10.2. The SMILES string of the molecule is CC(C)COCCOCc1ccc(C=O)o1. The highest BCUT2D eigenvalue weighted by Gasteiger charge is 2.00. The second-order valence-corrected chi connectivity index (χ2v) is 3.94. The van der Waals surface area contributed by atoms with Crippen molar-refractivity contribution in [3.63, 3.8) is 0 Å². The Morgan fingerprint density at radius 1 is 1.31 bits per heavy atom. The smallest absolute Gasteiger partial charge is 0.185 e. The minimum absolute atomic E-state index is 0.328. The molecule has 0 atom stereocenters. The van der Waals surface area contributed by atoms with Crippen LogP contribution in [-0.2, 0) is 16.1 Å². The van der Waals surface area contributed by atoms with Crippen molar-refractivity contribution in [1.82, 2.24) is 0 Å². The molecule has 1 heterocycles. The average molecular weight is 226 g/mol. The summed E-state index contributed by atoms with van der Waals surface area (Å²) in [5.41, 5.74) is 0. The zero-order chi connectivity index (χ0) is 11.8. The van der Waals surface area contributed by atoms with Gasteiger partial charge in [0.1, 0.15) is 12.4 Å². The van der Waals surface area contributed by atoms with Crippen LogP contribution >= 0.6 is 0 Å². The van der Waals surface area contributed by atoms with Crippen molar-refractivity contribution in [3.8, 4) is 0 Å². The number of hydrogen-bond acceptors (Lipinski definition) is 4. The summed E-state index contributed by atoms with van der Waals surface area (Å²) in [7, 11) is 0. The Balaban J connectivity index is 2.04. The third-order valence-electron chi connectivity index (χ3n) is 1.87. The van der Waals surface area contributed by atoms with Crippen molar-refractivity contribution in [2.45, 2.75) is 20.5 Å². The van der Waals surface area contributed by atoms with Gasteiger partial charge in [0.2, 0.25) is 0 Å². The van der Waals surface area contributed by atoms with Gasteiger partial charge in [-0.15, -0.1) is 0 Å². The second kappa shape index (κ2) is 7.19. The van der Waals surface area contributed by atoms with Crippen LogP contribution in [0.3, 0.4) is 0 Å². The number of aldehydes is 1. The van der Waals surface area contributed by atoms with Crippen LogP contribution < -0.4 is 0 Å². The summed E-state index contributed by atoms with van der Waals surface area (Å²) < 4.78 is 15.8. The van der Waals surface area contributed by atoms with E-state index in [4.69, 9.17) is 13.9 Å². The lowest BCUT2D eigenvalue weighted by Crippen LogP contribution is -2.08.